The highest BCUT2D eigenvalue weighted by atomic mass is 16.5. The Morgan fingerprint density at radius 2 is 1.77 bits per heavy atom. The van der Waals surface area contributed by atoms with Crippen LogP contribution in [0.15, 0.2) is 51.8 Å². The van der Waals surface area contributed by atoms with Crippen LogP contribution in [0.2, 0.25) is 0 Å². The molecule has 0 amide bonds. The number of pyridine rings is 1. The predicted octanol–water partition coefficient (Wildman–Crippen LogP) is 3.48. The fraction of sp³-hybridized carbons (Fsp3) is 0.222. The first kappa shape index (κ1) is 14.3. The summed E-state index contributed by atoms with van der Waals surface area (Å²) in [6, 6.07) is 13.4. The van der Waals surface area contributed by atoms with Gasteiger partial charge in [-0.15, -0.1) is 0 Å². The molecule has 0 spiro atoms. The Hall–Kier alpha value is -2.62. The second-order valence-electron chi connectivity index (χ2n) is 5.44. The molecule has 0 aliphatic carbocycles. The van der Waals surface area contributed by atoms with E-state index in [1.165, 1.54) is 0 Å². The lowest BCUT2D eigenvalue weighted by molar-refractivity contribution is 0.393. The van der Waals surface area contributed by atoms with Gasteiger partial charge in [0.2, 0.25) is 0 Å². The first-order valence-corrected chi connectivity index (χ1v) is 7.25. The van der Waals surface area contributed by atoms with Gasteiger partial charge in [-0.2, -0.15) is 0 Å². The molecule has 0 atom stereocenters. The van der Waals surface area contributed by atoms with E-state index in [1.807, 2.05) is 57.2 Å². The van der Waals surface area contributed by atoms with E-state index < -0.39 is 0 Å². The topological polar surface area (TPSA) is 48.0 Å². The third-order valence-electron chi connectivity index (χ3n) is 3.94. The van der Waals surface area contributed by atoms with E-state index in [1.54, 1.807) is 10.6 Å². The highest BCUT2D eigenvalue weighted by molar-refractivity contribution is 5.69. The smallest absolute Gasteiger partial charge is 0.251 e. The normalized spacial score (nSPS) is 10.9. The summed E-state index contributed by atoms with van der Waals surface area (Å²) >= 11 is 0. The minimum absolute atomic E-state index is 0.00290. The van der Waals surface area contributed by atoms with Crippen LogP contribution in [-0.2, 0) is 6.54 Å². The number of benzene rings is 1. The number of rotatable bonds is 3. The highest BCUT2D eigenvalue weighted by Crippen LogP contribution is 2.28. The third-order valence-corrected chi connectivity index (χ3v) is 3.94. The Morgan fingerprint density at radius 1 is 1.05 bits per heavy atom. The maximum atomic E-state index is 12.3. The Balaban J connectivity index is 2.13. The first-order chi connectivity index (χ1) is 10.6. The van der Waals surface area contributed by atoms with Gasteiger partial charge in [-0.05, 0) is 32.4 Å². The molecule has 0 aliphatic heterocycles. The monoisotopic (exact) mass is 294 g/mol. The molecule has 22 heavy (non-hydrogen) atoms. The van der Waals surface area contributed by atoms with Crippen molar-refractivity contribution in [1.82, 2.24) is 9.72 Å². The summed E-state index contributed by atoms with van der Waals surface area (Å²) in [7, 11) is 0. The molecule has 0 radical (unpaired) electrons. The largest absolute Gasteiger partial charge is 0.361 e. The molecule has 0 fully saturated rings. The fourth-order valence-corrected chi connectivity index (χ4v) is 2.77. The minimum atomic E-state index is -0.00290. The van der Waals surface area contributed by atoms with Gasteiger partial charge in [0.1, 0.15) is 5.76 Å². The summed E-state index contributed by atoms with van der Waals surface area (Å²) in [5, 5.41) is 4.01. The third kappa shape index (κ3) is 2.48. The van der Waals surface area contributed by atoms with E-state index in [-0.39, 0.29) is 5.56 Å². The van der Waals surface area contributed by atoms with Gasteiger partial charge in [0.25, 0.3) is 5.56 Å². The zero-order chi connectivity index (χ0) is 15.7. The fourth-order valence-electron chi connectivity index (χ4n) is 2.77. The second-order valence-corrected chi connectivity index (χ2v) is 5.44. The quantitative estimate of drug-likeness (QED) is 0.743. The lowest BCUT2D eigenvalue weighted by Gasteiger charge is -2.14. The van der Waals surface area contributed by atoms with Crippen LogP contribution >= 0.6 is 0 Å². The Morgan fingerprint density at radius 3 is 2.41 bits per heavy atom. The Bertz CT molecular complexity index is 841. The van der Waals surface area contributed by atoms with Gasteiger partial charge in [0, 0.05) is 22.9 Å². The first-order valence-electron chi connectivity index (χ1n) is 7.25. The van der Waals surface area contributed by atoms with Crippen LogP contribution in [0.4, 0.5) is 0 Å². The lowest BCUT2D eigenvalue weighted by atomic mass is 10.0. The van der Waals surface area contributed by atoms with Crippen molar-refractivity contribution in [2.24, 2.45) is 0 Å². The summed E-state index contributed by atoms with van der Waals surface area (Å²) < 4.78 is 7.04. The molecular weight excluding hydrogens is 276 g/mol. The molecule has 1 aromatic carbocycles. The minimum Gasteiger partial charge on any atom is -0.361 e. The van der Waals surface area contributed by atoms with Gasteiger partial charge >= 0.3 is 0 Å². The van der Waals surface area contributed by atoms with Crippen LogP contribution in [0.25, 0.3) is 11.1 Å². The summed E-state index contributed by atoms with van der Waals surface area (Å²) in [6.07, 6.45) is 0. The van der Waals surface area contributed by atoms with E-state index in [0.29, 0.717) is 6.54 Å². The number of aromatic nitrogens is 2. The average Bonchev–Trinajstić information content (AvgIpc) is 2.84. The van der Waals surface area contributed by atoms with Crippen molar-refractivity contribution in [3.63, 3.8) is 0 Å². The van der Waals surface area contributed by atoms with E-state index >= 15 is 0 Å². The highest BCUT2D eigenvalue weighted by Gasteiger charge is 2.16. The van der Waals surface area contributed by atoms with Gasteiger partial charge in [-0.25, -0.2) is 0 Å². The number of aryl methyl sites for hydroxylation is 2. The Labute approximate surface area is 129 Å². The molecule has 2 aromatic heterocycles. The van der Waals surface area contributed by atoms with Crippen LogP contribution in [0.5, 0.6) is 0 Å². The molecule has 0 unspecified atom stereocenters. The molecule has 3 aromatic rings. The van der Waals surface area contributed by atoms with Crippen molar-refractivity contribution in [1.29, 1.82) is 0 Å². The SMILES string of the molecule is Cc1noc(C)c1-c1ccc(=O)n(Cc2ccccc2)c1C. The molecule has 4 heteroatoms. The molecule has 0 N–H and O–H groups in total. The molecule has 0 aliphatic rings. The van der Waals surface area contributed by atoms with Crippen molar-refractivity contribution in [2.75, 3.05) is 0 Å². The maximum absolute atomic E-state index is 12.3. The standard InChI is InChI=1S/C18H18N2O2/c1-12-18(14(3)22-19-12)16-9-10-17(21)20(13(16)2)11-15-7-5-4-6-8-15/h4-10H,11H2,1-3H3. The molecule has 0 bridgehead atoms. The summed E-state index contributed by atoms with van der Waals surface area (Å²) in [5.41, 5.74) is 4.82. The van der Waals surface area contributed by atoms with Crippen LogP contribution in [0, 0.1) is 20.8 Å². The van der Waals surface area contributed by atoms with E-state index in [0.717, 1.165) is 33.8 Å². The molecule has 4 nitrogen and oxygen atoms in total. The summed E-state index contributed by atoms with van der Waals surface area (Å²) in [4.78, 5) is 12.3. The zero-order valence-electron chi connectivity index (χ0n) is 13.0. The average molecular weight is 294 g/mol. The van der Waals surface area contributed by atoms with Crippen molar-refractivity contribution in [2.45, 2.75) is 27.3 Å². The molecule has 0 saturated heterocycles. The second kappa shape index (κ2) is 5.64. The van der Waals surface area contributed by atoms with E-state index in [4.69, 9.17) is 4.52 Å². The van der Waals surface area contributed by atoms with E-state index in [2.05, 4.69) is 5.16 Å². The molecule has 0 saturated carbocycles. The van der Waals surface area contributed by atoms with Crippen molar-refractivity contribution in [3.8, 4) is 11.1 Å². The van der Waals surface area contributed by atoms with Gasteiger partial charge in [0.05, 0.1) is 12.2 Å². The summed E-state index contributed by atoms with van der Waals surface area (Å²) in [5.74, 6) is 0.769. The number of hydrogen-bond acceptors (Lipinski definition) is 3. The molecule has 2 heterocycles. The molecular formula is C18H18N2O2. The van der Waals surface area contributed by atoms with Gasteiger partial charge < -0.3 is 9.09 Å². The molecule has 112 valence electrons. The van der Waals surface area contributed by atoms with Crippen LogP contribution < -0.4 is 5.56 Å². The van der Waals surface area contributed by atoms with Crippen LogP contribution in [0.3, 0.4) is 0 Å². The van der Waals surface area contributed by atoms with Gasteiger partial charge in [-0.3, -0.25) is 4.79 Å². The molecule has 3 rings (SSSR count). The van der Waals surface area contributed by atoms with Crippen molar-refractivity contribution < 1.29 is 4.52 Å². The van der Waals surface area contributed by atoms with Crippen LogP contribution in [-0.4, -0.2) is 9.72 Å². The van der Waals surface area contributed by atoms with Gasteiger partial charge in [-0.1, -0.05) is 35.5 Å². The lowest BCUT2D eigenvalue weighted by Crippen LogP contribution is -2.22. The van der Waals surface area contributed by atoms with Crippen molar-refractivity contribution >= 4 is 0 Å². The van der Waals surface area contributed by atoms with Crippen molar-refractivity contribution in [3.05, 3.63) is 75.5 Å². The van der Waals surface area contributed by atoms with E-state index in [9.17, 15) is 4.79 Å². The number of hydrogen-bond donors (Lipinski definition) is 0. The Kier molecular flexibility index (Phi) is 3.67. The van der Waals surface area contributed by atoms with Gasteiger partial charge in [0.15, 0.2) is 0 Å². The maximum Gasteiger partial charge on any atom is 0.251 e. The predicted molar refractivity (Wildman–Crippen MR) is 86.0 cm³/mol. The zero-order valence-corrected chi connectivity index (χ0v) is 13.0. The number of nitrogens with zero attached hydrogens (tertiary/aromatic N) is 2. The summed E-state index contributed by atoms with van der Waals surface area (Å²) in [6.45, 7) is 6.33. The van der Waals surface area contributed by atoms with Crippen LogP contribution in [0.1, 0.15) is 22.7 Å².